The summed E-state index contributed by atoms with van der Waals surface area (Å²) < 4.78 is 19.7. The Balaban J connectivity index is 1.39. The third kappa shape index (κ3) is 3.52. The van der Waals surface area contributed by atoms with Gasteiger partial charge >= 0.3 is 0 Å². The van der Waals surface area contributed by atoms with Gasteiger partial charge in [0.05, 0.1) is 18.9 Å². The highest BCUT2D eigenvalue weighted by molar-refractivity contribution is 5.95. The van der Waals surface area contributed by atoms with Crippen LogP contribution in [0.4, 0.5) is 21.7 Å². The first-order valence-corrected chi connectivity index (χ1v) is 9.57. The topological polar surface area (TPSA) is 66.1 Å². The van der Waals surface area contributed by atoms with Crippen LogP contribution >= 0.6 is 0 Å². The number of aromatic amines is 1. The van der Waals surface area contributed by atoms with Crippen LogP contribution in [0.1, 0.15) is 0 Å². The third-order valence-electron chi connectivity index (χ3n) is 5.09. The summed E-state index contributed by atoms with van der Waals surface area (Å²) in [4.78, 5) is 14.3. The monoisotopic (exact) mass is 389 g/mol. The zero-order valence-electron chi connectivity index (χ0n) is 15.7. The predicted octanol–water partition coefficient (Wildman–Crippen LogP) is 4.34. The van der Waals surface area contributed by atoms with Gasteiger partial charge in [0, 0.05) is 53.3 Å². The summed E-state index contributed by atoms with van der Waals surface area (Å²) in [5, 5.41) is 3.76. The van der Waals surface area contributed by atoms with Crippen LogP contribution < -0.4 is 10.2 Å². The van der Waals surface area contributed by atoms with Crippen molar-refractivity contribution in [2.45, 2.75) is 0 Å². The van der Waals surface area contributed by atoms with Gasteiger partial charge in [0.2, 0.25) is 5.95 Å². The lowest BCUT2D eigenvalue weighted by molar-refractivity contribution is 0.122. The van der Waals surface area contributed by atoms with Gasteiger partial charge < -0.3 is 19.9 Å². The molecule has 0 spiro atoms. The summed E-state index contributed by atoms with van der Waals surface area (Å²) in [6, 6.07) is 14.9. The molecule has 0 amide bonds. The molecule has 0 saturated carbocycles. The minimum absolute atomic E-state index is 0.273. The van der Waals surface area contributed by atoms with Gasteiger partial charge in [0.15, 0.2) is 0 Å². The average molecular weight is 389 g/mol. The Kier molecular flexibility index (Phi) is 4.57. The lowest BCUT2D eigenvalue weighted by Crippen LogP contribution is -2.36. The molecule has 3 heterocycles. The summed E-state index contributed by atoms with van der Waals surface area (Å²) >= 11 is 0. The second-order valence-electron chi connectivity index (χ2n) is 6.90. The van der Waals surface area contributed by atoms with Crippen LogP contribution in [0.15, 0.2) is 60.9 Å². The van der Waals surface area contributed by atoms with Crippen molar-refractivity contribution in [3.8, 4) is 11.3 Å². The highest BCUT2D eigenvalue weighted by Crippen LogP contribution is 2.30. The highest BCUT2D eigenvalue weighted by Gasteiger charge is 2.13. The summed E-state index contributed by atoms with van der Waals surface area (Å²) in [5.74, 6) is 0.192. The van der Waals surface area contributed by atoms with Crippen molar-refractivity contribution in [1.82, 2.24) is 15.0 Å². The normalized spacial score (nSPS) is 14.3. The van der Waals surface area contributed by atoms with Crippen molar-refractivity contribution >= 4 is 28.2 Å². The summed E-state index contributed by atoms with van der Waals surface area (Å²) in [5.41, 5.74) is 4.17. The van der Waals surface area contributed by atoms with Gasteiger partial charge in [-0.3, -0.25) is 0 Å². The molecule has 1 fully saturated rings. The van der Waals surface area contributed by atoms with Crippen molar-refractivity contribution in [2.75, 3.05) is 36.5 Å². The van der Waals surface area contributed by atoms with Crippen molar-refractivity contribution in [3.05, 3.63) is 66.7 Å². The molecule has 0 bridgehead atoms. The Morgan fingerprint density at radius 3 is 2.69 bits per heavy atom. The second-order valence-corrected chi connectivity index (χ2v) is 6.90. The quantitative estimate of drug-likeness (QED) is 0.543. The number of hydrogen-bond donors (Lipinski definition) is 2. The number of fused-ring (bicyclic) bond motifs is 1. The Bertz CT molecular complexity index is 1140. The van der Waals surface area contributed by atoms with E-state index in [0.29, 0.717) is 22.6 Å². The van der Waals surface area contributed by atoms with E-state index in [1.807, 2.05) is 18.2 Å². The second kappa shape index (κ2) is 7.52. The van der Waals surface area contributed by atoms with Gasteiger partial charge in [0.1, 0.15) is 5.82 Å². The Labute approximate surface area is 167 Å². The van der Waals surface area contributed by atoms with Crippen LogP contribution in [-0.4, -0.2) is 41.3 Å². The first-order chi connectivity index (χ1) is 14.3. The zero-order valence-corrected chi connectivity index (χ0v) is 15.7. The van der Waals surface area contributed by atoms with E-state index in [1.165, 1.54) is 11.8 Å². The molecular formula is C22H20FN5O. The number of halogens is 1. The Morgan fingerprint density at radius 2 is 1.86 bits per heavy atom. The van der Waals surface area contributed by atoms with E-state index in [4.69, 9.17) is 4.74 Å². The van der Waals surface area contributed by atoms with Gasteiger partial charge in [-0.2, -0.15) is 0 Å². The van der Waals surface area contributed by atoms with Crippen molar-refractivity contribution < 1.29 is 9.13 Å². The fourth-order valence-electron chi connectivity index (χ4n) is 3.62. The van der Waals surface area contributed by atoms with Crippen LogP contribution in [0.3, 0.4) is 0 Å². The molecule has 1 aliphatic rings. The van der Waals surface area contributed by atoms with E-state index >= 15 is 0 Å². The molecule has 1 saturated heterocycles. The molecule has 7 heteroatoms. The average Bonchev–Trinajstić information content (AvgIpc) is 3.21. The third-order valence-corrected chi connectivity index (χ3v) is 5.09. The molecule has 2 aromatic heterocycles. The van der Waals surface area contributed by atoms with E-state index in [0.717, 1.165) is 37.5 Å². The highest BCUT2D eigenvalue weighted by atomic mass is 19.1. The molecule has 0 unspecified atom stereocenters. The standard InChI is InChI=1S/C22H20FN5O/c23-18-2-1-3-20-21(18)17(14-25-20)19-8-9-24-22(27-19)26-15-4-6-16(7-5-15)28-10-12-29-13-11-28/h1-9,14,25H,10-13H2,(H,24,26,27). The molecule has 0 radical (unpaired) electrons. The van der Waals surface area contributed by atoms with Crippen LogP contribution in [0.5, 0.6) is 0 Å². The Morgan fingerprint density at radius 1 is 1.03 bits per heavy atom. The fourth-order valence-corrected chi connectivity index (χ4v) is 3.62. The molecule has 4 aromatic rings. The number of H-pyrrole nitrogens is 1. The number of hydrogen-bond acceptors (Lipinski definition) is 5. The number of nitrogens with one attached hydrogen (secondary N) is 2. The number of nitrogens with zero attached hydrogens (tertiary/aromatic N) is 3. The number of ether oxygens (including phenoxy) is 1. The van der Waals surface area contributed by atoms with Gasteiger partial charge in [-0.1, -0.05) is 6.07 Å². The van der Waals surface area contributed by atoms with E-state index in [2.05, 4.69) is 37.3 Å². The predicted molar refractivity (Wildman–Crippen MR) is 112 cm³/mol. The van der Waals surface area contributed by atoms with Gasteiger partial charge in [-0.05, 0) is 42.5 Å². The van der Waals surface area contributed by atoms with Gasteiger partial charge in [0.25, 0.3) is 0 Å². The summed E-state index contributed by atoms with van der Waals surface area (Å²) in [7, 11) is 0. The van der Waals surface area contributed by atoms with Crippen LogP contribution in [0.25, 0.3) is 22.2 Å². The minimum atomic E-state index is -0.273. The van der Waals surface area contributed by atoms with Gasteiger partial charge in [-0.25, -0.2) is 14.4 Å². The Hall–Kier alpha value is -3.45. The molecule has 5 rings (SSSR count). The minimum Gasteiger partial charge on any atom is -0.378 e. The molecule has 0 atom stereocenters. The SMILES string of the molecule is Fc1cccc2[nH]cc(-c3ccnc(Nc4ccc(N5CCOCC5)cc4)n3)c12. The molecular weight excluding hydrogens is 369 g/mol. The number of morpholine rings is 1. The maximum absolute atomic E-state index is 14.3. The number of rotatable bonds is 4. The fraction of sp³-hybridized carbons (Fsp3) is 0.182. The molecule has 1 aliphatic heterocycles. The molecule has 2 N–H and O–H groups in total. The van der Waals surface area contributed by atoms with E-state index in [-0.39, 0.29) is 5.82 Å². The smallest absolute Gasteiger partial charge is 0.227 e. The van der Waals surface area contributed by atoms with Gasteiger partial charge in [-0.15, -0.1) is 0 Å². The van der Waals surface area contributed by atoms with Crippen LogP contribution in [0, 0.1) is 5.82 Å². The lowest BCUT2D eigenvalue weighted by Gasteiger charge is -2.28. The largest absolute Gasteiger partial charge is 0.378 e. The molecule has 29 heavy (non-hydrogen) atoms. The lowest BCUT2D eigenvalue weighted by atomic mass is 10.1. The molecule has 6 nitrogen and oxygen atoms in total. The van der Waals surface area contributed by atoms with Crippen LogP contribution in [-0.2, 0) is 4.74 Å². The van der Waals surface area contributed by atoms with Crippen molar-refractivity contribution in [3.63, 3.8) is 0 Å². The van der Waals surface area contributed by atoms with E-state index in [9.17, 15) is 4.39 Å². The molecule has 2 aromatic carbocycles. The first-order valence-electron chi connectivity index (χ1n) is 9.57. The number of benzene rings is 2. The maximum Gasteiger partial charge on any atom is 0.227 e. The zero-order chi connectivity index (χ0) is 19.6. The van der Waals surface area contributed by atoms with E-state index in [1.54, 1.807) is 24.5 Å². The summed E-state index contributed by atoms with van der Waals surface area (Å²) in [6.45, 7) is 3.32. The van der Waals surface area contributed by atoms with Crippen LogP contribution in [0.2, 0.25) is 0 Å². The molecule has 0 aliphatic carbocycles. The first kappa shape index (κ1) is 17.6. The maximum atomic E-state index is 14.3. The van der Waals surface area contributed by atoms with Crippen molar-refractivity contribution in [1.29, 1.82) is 0 Å². The van der Waals surface area contributed by atoms with Crippen molar-refractivity contribution in [2.24, 2.45) is 0 Å². The molecule has 146 valence electrons. The van der Waals surface area contributed by atoms with E-state index < -0.39 is 0 Å². The summed E-state index contributed by atoms with van der Waals surface area (Å²) in [6.07, 6.45) is 3.45. The number of aromatic nitrogens is 3. The number of anilines is 3.